The Morgan fingerprint density at radius 1 is 1.32 bits per heavy atom. The van der Waals surface area contributed by atoms with Crippen LogP contribution in [0.1, 0.15) is 37.0 Å². The number of para-hydroxylation sites is 1. The van der Waals surface area contributed by atoms with Crippen LogP contribution < -0.4 is 15.8 Å². The molecule has 1 rings (SSSR count). The van der Waals surface area contributed by atoms with Crippen LogP contribution in [-0.2, 0) is 10.0 Å². The predicted molar refractivity (Wildman–Crippen MR) is 92.0 cm³/mol. The Morgan fingerprint density at radius 3 is 2.55 bits per heavy atom. The van der Waals surface area contributed by atoms with Crippen molar-refractivity contribution in [3.63, 3.8) is 0 Å². The third kappa shape index (κ3) is 7.11. The second kappa shape index (κ2) is 9.66. The van der Waals surface area contributed by atoms with E-state index in [4.69, 9.17) is 5.73 Å². The molecule has 0 aliphatic heterocycles. The predicted octanol–water partition coefficient (Wildman–Crippen LogP) is 1.73. The summed E-state index contributed by atoms with van der Waals surface area (Å²) in [5, 5.41) is 2.73. The maximum absolute atomic E-state index is 12.1. The highest BCUT2D eigenvalue weighted by atomic mass is 35.5. The Balaban J connectivity index is 0.00000441. The summed E-state index contributed by atoms with van der Waals surface area (Å²) in [7, 11) is -3.42. The topological polar surface area (TPSA) is 101 Å². The lowest BCUT2D eigenvalue weighted by atomic mass is 10.1. The number of hydrogen-bond donors (Lipinski definition) is 3. The number of benzene rings is 1. The molecule has 0 saturated carbocycles. The van der Waals surface area contributed by atoms with Gasteiger partial charge >= 0.3 is 0 Å². The minimum atomic E-state index is -3.42. The van der Waals surface area contributed by atoms with Gasteiger partial charge in [-0.3, -0.25) is 9.52 Å². The summed E-state index contributed by atoms with van der Waals surface area (Å²) in [6, 6.07) is 6.54. The minimum absolute atomic E-state index is 0. The molecule has 1 aromatic rings. The van der Waals surface area contributed by atoms with E-state index >= 15 is 0 Å². The van der Waals surface area contributed by atoms with E-state index in [1.165, 1.54) is 0 Å². The van der Waals surface area contributed by atoms with Crippen molar-refractivity contribution in [2.45, 2.75) is 32.7 Å². The molecule has 4 N–H and O–H groups in total. The molecule has 0 bridgehead atoms. The summed E-state index contributed by atoms with van der Waals surface area (Å²) in [5.41, 5.74) is 6.22. The molecule has 0 aliphatic carbocycles. The van der Waals surface area contributed by atoms with Crippen molar-refractivity contribution < 1.29 is 13.2 Å². The molecule has 0 heterocycles. The number of sulfonamides is 1. The third-order valence-corrected chi connectivity index (χ3v) is 4.27. The fraction of sp³-hybridized carbons (Fsp3) is 0.500. The van der Waals surface area contributed by atoms with Gasteiger partial charge in [0.2, 0.25) is 10.0 Å². The first-order valence-corrected chi connectivity index (χ1v) is 8.64. The van der Waals surface area contributed by atoms with Gasteiger partial charge in [-0.05, 0) is 31.9 Å². The molecule has 6 nitrogen and oxygen atoms in total. The van der Waals surface area contributed by atoms with Crippen molar-refractivity contribution in [3.05, 3.63) is 29.8 Å². The van der Waals surface area contributed by atoms with E-state index in [1.807, 2.05) is 6.92 Å². The van der Waals surface area contributed by atoms with Crippen molar-refractivity contribution in [1.82, 2.24) is 5.32 Å². The van der Waals surface area contributed by atoms with Crippen molar-refractivity contribution in [1.29, 1.82) is 0 Å². The van der Waals surface area contributed by atoms with E-state index in [2.05, 4.69) is 10.0 Å². The summed E-state index contributed by atoms with van der Waals surface area (Å²) < 4.78 is 26.1. The number of nitrogens with one attached hydrogen (secondary N) is 2. The quantitative estimate of drug-likeness (QED) is 0.665. The Bertz CT molecular complexity index is 576. The van der Waals surface area contributed by atoms with E-state index in [1.54, 1.807) is 31.2 Å². The summed E-state index contributed by atoms with van der Waals surface area (Å²) in [6.07, 6.45) is 1.17. The second-order valence-electron chi connectivity index (χ2n) is 4.99. The average molecular weight is 350 g/mol. The number of rotatable bonds is 8. The molecule has 1 atom stereocenters. The van der Waals surface area contributed by atoms with E-state index in [-0.39, 0.29) is 30.1 Å². The summed E-state index contributed by atoms with van der Waals surface area (Å²) in [5.74, 6) is -0.293. The summed E-state index contributed by atoms with van der Waals surface area (Å²) in [4.78, 5) is 12.1. The van der Waals surface area contributed by atoms with Crippen LogP contribution >= 0.6 is 12.4 Å². The van der Waals surface area contributed by atoms with Crippen molar-refractivity contribution in [2.24, 2.45) is 5.73 Å². The molecule has 0 aromatic heterocycles. The Labute approximate surface area is 138 Å². The number of carbonyl (C=O) groups excluding carboxylic acids is 1. The van der Waals surface area contributed by atoms with E-state index in [9.17, 15) is 13.2 Å². The van der Waals surface area contributed by atoms with Gasteiger partial charge in [0, 0.05) is 12.6 Å². The van der Waals surface area contributed by atoms with Crippen LogP contribution in [0.25, 0.3) is 0 Å². The zero-order valence-electron chi connectivity index (χ0n) is 12.8. The lowest BCUT2D eigenvalue weighted by Gasteiger charge is -2.13. The molecule has 8 heteroatoms. The van der Waals surface area contributed by atoms with Gasteiger partial charge in [-0.15, -0.1) is 12.4 Å². The Morgan fingerprint density at radius 2 is 1.95 bits per heavy atom. The van der Waals surface area contributed by atoms with Crippen LogP contribution in [0.15, 0.2) is 24.3 Å². The molecule has 0 spiro atoms. The largest absolute Gasteiger partial charge is 0.352 e. The van der Waals surface area contributed by atoms with Gasteiger partial charge in [0.15, 0.2) is 0 Å². The third-order valence-electron chi connectivity index (χ3n) is 2.80. The van der Waals surface area contributed by atoms with Gasteiger partial charge in [-0.25, -0.2) is 8.42 Å². The number of amides is 1. The molecule has 1 amide bonds. The van der Waals surface area contributed by atoms with Gasteiger partial charge < -0.3 is 11.1 Å². The molecular formula is C14H24ClN3O3S. The van der Waals surface area contributed by atoms with Crippen LogP contribution in [0.4, 0.5) is 5.69 Å². The first kappa shape index (κ1) is 20.7. The smallest absolute Gasteiger partial charge is 0.253 e. The van der Waals surface area contributed by atoms with Crippen molar-refractivity contribution in [3.8, 4) is 0 Å². The lowest BCUT2D eigenvalue weighted by molar-refractivity contribution is 0.0953. The van der Waals surface area contributed by atoms with Gasteiger partial charge in [0.1, 0.15) is 0 Å². The number of nitrogens with two attached hydrogens (primary N) is 1. The van der Waals surface area contributed by atoms with E-state index in [0.29, 0.717) is 30.6 Å². The second-order valence-corrected chi connectivity index (χ2v) is 6.83. The fourth-order valence-corrected chi connectivity index (χ4v) is 2.92. The molecule has 0 saturated heterocycles. The summed E-state index contributed by atoms with van der Waals surface area (Å²) in [6.45, 7) is 4.09. The molecule has 0 aliphatic rings. The first-order valence-electron chi connectivity index (χ1n) is 6.99. The Hall–Kier alpha value is -1.31. The maximum atomic E-state index is 12.1. The van der Waals surface area contributed by atoms with Crippen molar-refractivity contribution >= 4 is 34.0 Å². The van der Waals surface area contributed by atoms with Crippen molar-refractivity contribution in [2.75, 3.05) is 17.0 Å². The molecule has 0 fully saturated rings. The van der Waals surface area contributed by atoms with Crippen LogP contribution in [0, 0.1) is 0 Å². The monoisotopic (exact) mass is 349 g/mol. The van der Waals surface area contributed by atoms with Gasteiger partial charge in [-0.2, -0.15) is 0 Å². The molecular weight excluding hydrogens is 326 g/mol. The highest BCUT2D eigenvalue weighted by Gasteiger charge is 2.15. The SMILES string of the molecule is CCCS(=O)(=O)Nc1ccccc1C(=O)NCCC(C)N.Cl. The highest BCUT2D eigenvalue weighted by molar-refractivity contribution is 7.92. The van der Waals surface area contributed by atoms with Gasteiger partial charge in [0.25, 0.3) is 5.91 Å². The zero-order chi connectivity index (χ0) is 15.9. The molecule has 1 unspecified atom stereocenters. The number of hydrogen-bond acceptors (Lipinski definition) is 4. The number of anilines is 1. The van der Waals surface area contributed by atoms with E-state index in [0.717, 1.165) is 0 Å². The lowest BCUT2D eigenvalue weighted by Crippen LogP contribution is -2.30. The molecule has 126 valence electrons. The first-order chi connectivity index (χ1) is 9.85. The number of carbonyl (C=O) groups is 1. The standard InChI is InChI=1S/C14H23N3O3S.ClH/c1-3-10-21(19,20)17-13-7-5-4-6-12(13)14(18)16-9-8-11(2)15;/h4-7,11,17H,3,8-10,15H2,1-2H3,(H,16,18);1H. The van der Waals surface area contributed by atoms with Crippen LogP contribution in [-0.4, -0.2) is 32.7 Å². The normalized spacial score (nSPS) is 12.1. The number of halogens is 1. The zero-order valence-corrected chi connectivity index (χ0v) is 14.5. The minimum Gasteiger partial charge on any atom is -0.352 e. The van der Waals surface area contributed by atoms with Gasteiger partial charge in [0.05, 0.1) is 17.0 Å². The van der Waals surface area contributed by atoms with Crippen LogP contribution in [0.2, 0.25) is 0 Å². The average Bonchev–Trinajstić information content (AvgIpc) is 2.38. The summed E-state index contributed by atoms with van der Waals surface area (Å²) >= 11 is 0. The molecule has 1 aromatic carbocycles. The highest BCUT2D eigenvalue weighted by Crippen LogP contribution is 2.16. The fourth-order valence-electron chi connectivity index (χ4n) is 1.77. The molecule has 22 heavy (non-hydrogen) atoms. The van der Waals surface area contributed by atoms with E-state index < -0.39 is 10.0 Å². The molecule has 0 radical (unpaired) electrons. The Kier molecular flexibility index (Phi) is 9.08. The van der Waals surface area contributed by atoms with Crippen LogP contribution in [0.3, 0.4) is 0 Å². The van der Waals surface area contributed by atoms with Gasteiger partial charge in [-0.1, -0.05) is 19.1 Å². The van der Waals surface area contributed by atoms with Crippen LogP contribution in [0.5, 0.6) is 0 Å². The maximum Gasteiger partial charge on any atom is 0.253 e.